The van der Waals surface area contributed by atoms with Crippen LogP contribution < -0.4 is 10.2 Å². The van der Waals surface area contributed by atoms with E-state index in [1.165, 1.54) is 5.56 Å². The third-order valence-electron chi connectivity index (χ3n) is 3.19. The molecule has 1 saturated heterocycles. The summed E-state index contributed by atoms with van der Waals surface area (Å²) >= 11 is 3.55. The summed E-state index contributed by atoms with van der Waals surface area (Å²) in [5.74, 6) is 0.124. The standard InChI is InChI=1S/C14H19BrN2O/c1-9-5-6-12(11(15)7-9)17-8-14(3,4)16-10(2)13(17)18/h5-7,10,16H,8H2,1-4H3. The number of halogens is 1. The molecule has 0 spiro atoms. The van der Waals surface area contributed by atoms with Gasteiger partial charge in [0.2, 0.25) is 5.91 Å². The smallest absolute Gasteiger partial charge is 0.243 e. The second-order valence-corrected chi connectivity index (χ2v) is 6.48. The molecule has 3 nitrogen and oxygen atoms in total. The van der Waals surface area contributed by atoms with Gasteiger partial charge in [0, 0.05) is 16.6 Å². The number of anilines is 1. The van der Waals surface area contributed by atoms with Crippen LogP contribution in [0, 0.1) is 6.92 Å². The van der Waals surface area contributed by atoms with Crippen molar-refractivity contribution in [2.45, 2.75) is 39.3 Å². The van der Waals surface area contributed by atoms with Crippen LogP contribution in [0.1, 0.15) is 26.3 Å². The number of carbonyl (C=O) groups is 1. The van der Waals surface area contributed by atoms with Crippen LogP contribution in [-0.4, -0.2) is 24.0 Å². The van der Waals surface area contributed by atoms with Crippen molar-refractivity contribution < 1.29 is 4.79 Å². The van der Waals surface area contributed by atoms with Gasteiger partial charge < -0.3 is 4.90 Å². The average Bonchev–Trinajstić information content (AvgIpc) is 2.23. The Morgan fingerprint density at radius 1 is 1.44 bits per heavy atom. The van der Waals surface area contributed by atoms with E-state index in [-0.39, 0.29) is 17.5 Å². The first kappa shape index (κ1) is 13.6. The minimum absolute atomic E-state index is 0.0718. The fraction of sp³-hybridized carbons (Fsp3) is 0.500. The lowest BCUT2D eigenvalue weighted by atomic mass is 9.98. The average molecular weight is 311 g/mol. The van der Waals surface area contributed by atoms with Gasteiger partial charge in [-0.25, -0.2) is 0 Å². The van der Waals surface area contributed by atoms with Crippen molar-refractivity contribution >= 4 is 27.5 Å². The summed E-state index contributed by atoms with van der Waals surface area (Å²) in [5, 5.41) is 3.33. The number of rotatable bonds is 1. The summed E-state index contributed by atoms with van der Waals surface area (Å²) in [6.45, 7) is 8.87. The van der Waals surface area contributed by atoms with Gasteiger partial charge >= 0.3 is 0 Å². The maximum Gasteiger partial charge on any atom is 0.243 e. The summed E-state index contributed by atoms with van der Waals surface area (Å²) in [6, 6.07) is 5.93. The van der Waals surface area contributed by atoms with E-state index in [4.69, 9.17) is 0 Å². The molecule has 98 valence electrons. The molecule has 1 aromatic rings. The number of hydrogen-bond donors (Lipinski definition) is 1. The van der Waals surface area contributed by atoms with Gasteiger partial charge in [-0.2, -0.15) is 0 Å². The highest BCUT2D eigenvalue weighted by molar-refractivity contribution is 9.10. The third-order valence-corrected chi connectivity index (χ3v) is 3.83. The molecule has 1 atom stereocenters. The van der Waals surface area contributed by atoms with Crippen molar-refractivity contribution in [3.05, 3.63) is 28.2 Å². The maximum absolute atomic E-state index is 12.3. The van der Waals surface area contributed by atoms with Gasteiger partial charge in [0.1, 0.15) is 0 Å². The van der Waals surface area contributed by atoms with Gasteiger partial charge in [-0.05, 0) is 61.3 Å². The van der Waals surface area contributed by atoms with Gasteiger partial charge in [-0.1, -0.05) is 6.07 Å². The van der Waals surface area contributed by atoms with Crippen LogP contribution in [0.4, 0.5) is 5.69 Å². The third kappa shape index (κ3) is 2.59. The van der Waals surface area contributed by atoms with Crippen molar-refractivity contribution in [3.63, 3.8) is 0 Å². The van der Waals surface area contributed by atoms with Crippen molar-refractivity contribution in [1.82, 2.24) is 5.32 Å². The number of amides is 1. The molecule has 0 saturated carbocycles. The van der Waals surface area contributed by atoms with Crippen LogP contribution in [-0.2, 0) is 4.79 Å². The number of piperazine rings is 1. The zero-order valence-corrected chi connectivity index (χ0v) is 12.8. The van der Waals surface area contributed by atoms with E-state index < -0.39 is 0 Å². The Morgan fingerprint density at radius 2 is 2.11 bits per heavy atom. The summed E-state index contributed by atoms with van der Waals surface area (Å²) in [6.07, 6.45) is 0. The van der Waals surface area contributed by atoms with Crippen LogP contribution in [0.15, 0.2) is 22.7 Å². The lowest BCUT2D eigenvalue weighted by Gasteiger charge is -2.42. The zero-order valence-electron chi connectivity index (χ0n) is 11.2. The maximum atomic E-state index is 12.3. The second-order valence-electron chi connectivity index (χ2n) is 5.63. The Balaban J connectivity index is 2.39. The summed E-state index contributed by atoms with van der Waals surface area (Å²) in [5.41, 5.74) is 2.06. The summed E-state index contributed by atoms with van der Waals surface area (Å²) in [4.78, 5) is 14.2. The Hall–Kier alpha value is -0.870. The molecule has 0 aromatic heterocycles. The summed E-state index contributed by atoms with van der Waals surface area (Å²) < 4.78 is 0.973. The zero-order chi connectivity index (χ0) is 13.5. The normalized spacial score (nSPS) is 23.3. The van der Waals surface area contributed by atoms with Crippen LogP contribution in [0.25, 0.3) is 0 Å². The number of nitrogens with one attached hydrogen (secondary N) is 1. The molecule has 1 aliphatic heterocycles. The predicted molar refractivity (Wildman–Crippen MR) is 77.9 cm³/mol. The number of nitrogens with zero attached hydrogens (tertiary/aromatic N) is 1. The molecule has 1 fully saturated rings. The lowest BCUT2D eigenvalue weighted by molar-refractivity contribution is -0.122. The Kier molecular flexibility index (Phi) is 3.52. The van der Waals surface area contributed by atoms with Gasteiger partial charge in [0.05, 0.1) is 11.7 Å². The molecule has 1 amide bonds. The number of aryl methyl sites for hydroxylation is 1. The number of benzene rings is 1. The van der Waals surface area contributed by atoms with E-state index in [9.17, 15) is 4.79 Å². The molecular weight excluding hydrogens is 292 g/mol. The lowest BCUT2D eigenvalue weighted by Crippen LogP contribution is -2.64. The minimum atomic E-state index is -0.151. The van der Waals surface area contributed by atoms with E-state index in [2.05, 4.69) is 35.1 Å². The topological polar surface area (TPSA) is 32.3 Å². The first-order valence-corrected chi connectivity index (χ1v) is 6.95. The molecule has 1 unspecified atom stereocenters. The highest BCUT2D eigenvalue weighted by Crippen LogP contribution is 2.30. The first-order valence-electron chi connectivity index (χ1n) is 6.15. The van der Waals surface area contributed by atoms with E-state index >= 15 is 0 Å². The molecule has 1 aliphatic rings. The highest BCUT2D eigenvalue weighted by atomic mass is 79.9. The van der Waals surface area contributed by atoms with Crippen molar-refractivity contribution in [3.8, 4) is 0 Å². The van der Waals surface area contributed by atoms with Crippen molar-refractivity contribution in [2.24, 2.45) is 0 Å². The Bertz CT molecular complexity index is 485. The monoisotopic (exact) mass is 310 g/mol. The molecule has 1 aromatic carbocycles. The number of carbonyl (C=O) groups excluding carboxylic acids is 1. The van der Waals surface area contributed by atoms with Crippen molar-refractivity contribution in [2.75, 3.05) is 11.4 Å². The van der Waals surface area contributed by atoms with Crippen LogP contribution >= 0.6 is 15.9 Å². The minimum Gasteiger partial charge on any atom is -0.308 e. The van der Waals surface area contributed by atoms with Crippen molar-refractivity contribution in [1.29, 1.82) is 0 Å². The SMILES string of the molecule is Cc1ccc(N2CC(C)(C)NC(C)C2=O)c(Br)c1. The fourth-order valence-corrected chi connectivity index (χ4v) is 3.14. The van der Waals surface area contributed by atoms with E-state index in [0.29, 0.717) is 6.54 Å². The molecule has 2 rings (SSSR count). The Labute approximate surface area is 117 Å². The molecular formula is C14H19BrN2O. The van der Waals surface area contributed by atoms with Crippen LogP contribution in [0.3, 0.4) is 0 Å². The molecule has 1 heterocycles. The quantitative estimate of drug-likeness (QED) is 0.865. The molecule has 4 heteroatoms. The predicted octanol–water partition coefficient (Wildman–Crippen LogP) is 2.86. The largest absolute Gasteiger partial charge is 0.308 e. The van der Waals surface area contributed by atoms with Crippen LogP contribution in [0.5, 0.6) is 0 Å². The van der Waals surface area contributed by atoms with E-state index in [1.54, 1.807) is 0 Å². The molecule has 0 bridgehead atoms. The second kappa shape index (κ2) is 4.67. The molecule has 1 N–H and O–H groups in total. The first-order chi connectivity index (χ1) is 8.30. The number of hydrogen-bond acceptors (Lipinski definition) is 2. The van der Waals surface area contributed by atoms with Crippen LogP contribution in [0.2, 0.25) is 0 Å². The van der Waals surface area contributed by atoms with Gasteiger partial charge in [0.15, 0.2) is 0 Å². The van der Waals surface area contributed by atoms with E-state index in [0.717, 1.165) is 10.2 Å². The van der Waals surface area contributed by atoms with Gasteiger partial charge in [-0.3, -0.25) is 10.1 Å². The summed E-state index contributed by atoms with van der Waals surface area (Å²) in [7, 11) is 0. The Morgan fingerprint density at radius 3 is 2.72 bits per heavy atom. The highest BCUT2D eigenvalue weighted by Gasteiger charge is 2.36. The fourth-order valence-electron chi connectivity index (χ4n) is 2.44. The molecule has 0 aliphatic carbocycles. The molecule has 18 heavy (non-hydrogen) atoms. The van der Waals surface area contributed by atoms with E-state index in [1.807, 2.05) is 36.9 Å². The van der Waals surface area contributed by atoms with Gasteiger partial charge in [-0.15, -0.1) is 0 Å². The van der Waals surface area contributed by atoms with Gasteiger partial charge in [0.25, 0.3) is 0 Å². The molecule has 0 radical (unpaired) electrons.